The maximum atomic E-state index is 12.6. The molecule has 0 bridgehead atoms. The first-order chi connectivity index (χ1) is 24.6. The van der Waals surface area contributed by atoms with Crippen LogP contribution in [0.5, 0.6) is 0 Å². The fourth-order valence-electron chi connectivity index (χ4n) is 5.49. The van der Waals surface area contributed by atoms with Gasteiger partial charge >= 0.3 is 11.9 Å². The number of esters is 2. The highest BCUT2D eigenvalue weighted by molar-refractivity contribution is 5.69. The number of rotatable bonds is 37. The Bertz CT molecular complexity index is 872. The summed E-state index contributed by atoms with van der Waals surface area (Å²) in [4.78, 5) is 35.9. The molecular formula is C43H75NO6. The van der Waals surface area contributed by atoms with Crippen LogP contribution in [0.25, 0.3) is 0 Å². The van der Waals surface area contributed by atoms with Crippen molar-refractivity contribution in [3.05, 3.63) is 53.5 Å². The lowest BCUT2D eigenvalue weighted by atomic mass is 10.0. The van der Waals surface area contributed by atoms with Crippen LogP contribution in [0.15, 0.2) is 53.8 Å². The van der Waals surface area contributed by atoms with E-state index < -0.39 is 5.92 Å². The summed E-state index contributed by atoms with van der Waals surface area (Å²) in [6.07, 6.45) is 42.4. The first-order valence-electron chi connectivity index (χ1n) is 20.4. The highest BCUT2D eigenvalue weighted by Crippen LogP contribution is 2.16. The van der Waals surface area contributed by atoms with Crippen LogP contribution in [0.3, 0.4) is 0 Å². The van der Waals surface area contributed by atoms with Gasteiger partial charge in [-0.1, -0.05) is 120 Å². The molecular weight excluding hydrogens is 626 g/mol. The zero-order valence-corrected chi connectivity index (χ0v) is 32.5. The standard InChI is InChI=1S/C43H75NO6/c1-4-7-10-13-16-17-18-19-20-21-22-23-25-27-30-33-42(45)49-38-40(37-44-47)39-50-43(46)35-34-41(32-29-26-24-14-11-8-5-2)48-36-31-28-15-12-9-6-3/h8-9,11-12,16-17,19-20,40-41H,4-7,10,13-15,18,21-39H2,1-3H3/b11-8-,12-9-,17-16-,20-19-. The first kappa shape index (κ1) is 47.5. The molecule has 0 aromatic heterocycles. The number of carbonyl (C=O) groups excluding carboxylic acids is 2. The van der Waals surface area contributed by atoms with E-state index in [0.29, 0.717) is 19.4 Å². The van der Waals surface area contributed by atoms with E-state index >= 15 is 0 Å². The fraction of sp³-hybridized carbons (Fsp3) is 0.767. The molecule has 0 aliphatic heterocycles. The molecule has 7 nitrogen and oxygen atoms in total. The van der Waals surface area contributed by atoms with E-state index in [2.05, 4.69) is 74.6 Å². The van der Waals surface area contributed by atoms with Gasteiger partial charge in [-0.25, -0.2) is 0 Å². The molecule has 0 N–H and O–H groups in total. The van der Waals surface area contributed by atoms with Crippen molar-refractivity contribution in [2.75, 3.05) is 26.4 Å². The molecule has 0 fully saturated rings. The Labute approximate surface area is 307 Å². The Hall–Kier alpha value is -2.54. The maximum Gasteiger partial charge on any atom is 0.305 e. The molecule has 0 aliphatic rings. The van der Waals surface area contributed by atoms with Crippen molar-refractivity contribution in [1.29, 1.82) is 0 Å². The average Bonchev–Trinajstić information content (AvgIpc) is 3.12. The number of unbranched alkanes of at least 4 members (excludes halogenated alkanes) is 13. The third-order valence-electron chi connectivity index (χ3n) is 8.62. The Morgan fingerprint density at radius 1 is 0.560 bits per heavy atom. The quantitative estimate of drug-likeness (QED) is 0.0277. The van der Waals surface area contributed by atoms with Gasteiger partial charge in [0.05, 0.1) is 31.8 Å². The van der Waals surface area contributed by atoms with Crippen molar-refractivity contribution in [2.24, 2.45) is 11.1 Å². The maximum absolute atomic E-state index is 12.6. The predicted octanol–water partition coefficient (Wildman–Crippen LogP) is 12.5. The lowest BCUT2D eigenvalue weighted by Gasteiger charge is -2.18. The Morgan fingerprint density at radius 3 is 1.68 bits per heavy atom. The van der Waals surface area contributed by atoms with E-state index in [9.17, 15) is 14.5 Å². The molecule has 0 saturated carbocycles. The third kappa shape index (κ3) is 35.3. The third-order valence-corrected chi connectivity index (χ3v) is 8.62. The Kier molecular flexibility index (Phi) is 37.3. The van der Waals surface area contributed by atoms with E-state index in [0.717, 1.165) is 96.3 Å². The summed E-state index contributed by atoms with van der Waals surface area (Å²) in [6.45, 7) is 7.22. The smallest absolute Gasteiger partial charge is 0.305 e. The molecule has 50 heavy (non-hydrogen) atoms. The highest BCUT2D eigenvalue weighted by Gasteiger charge is 2.17. The number of nitrogens with zero attached hydrogens (tertiary/aromatic N) is 1. The molecule has 0 spiro atoms. The molecule has 0 aliphatic carbocycles. The van der Waals surface area contributed by atoms with Crippen LogP contribution < -0.4 is 0 Å². The van der Waals surface area contributed by atoms with Gasteiger partial charge in [0.15, 0.2) is 0 Å². The van der Waals surface area contributed by atoms with Crippen molar-refractivity contribution in [3.63, 3.8) is 0 Å². The van der Waals surface area contributed by atoms with Crippen LogP contribution in [-0.2, 0) is 23.8 Å². The molecule has 288 valence electrons. The highest BCUT2D eigenvalue weighted by atomic mass is 16.5. The zero-order valence-electron chi connectivity index (χ0n) is 32.5. The van der Waals surface area contributed by atoms with Gasteiger partial charge in [0.2, 0.25) is 0 Å². The molecule has 0 radical (unpaired) electrons. The number of allylic oxidation sites excluding steroid dienone is 8. The molecule has 0 amide bonds. The SMILES string of the molecule is CC/C=C\CCCCCC(CCC(=O)OCC(CN=O)COC(=O)CCCCCCC/C=C\C/C=C\CCCCC)OCCCC/C=C\CC. The predicted molar refractivity (Wildman–Crippen MR) is 210 cm³/mol. The second kappa shape index (κ2) is 39.2. The summed E-state index contributed by atoms with van der Waals surface area (Å²) in [5.74, 6) is -1.03. The summed E-state index contributed by atoms with van der Waals surface area (Å²) in [6, 6.07) is 0. The van der Waals surface area contributed by atoms with E-state index in [1.54, 1.807) is 0 Å². The topological polar surface area (TPSA) is 91.3 Å². The minimum Gasteiger partial charge on any atom is -0.465 e. The van der Waals surface area contributed by atoms with E-state index in [4.69, 9.17) is 14.2 Å². The lowest BCUT2D eigenvalue weighted by molar-refractivity contribution is -0.149. The fourth-order valence-corrected chi connectivity index (χ4v) is 5.49. The van der Waals surface area contributed by atoms with Gasteiger partial charge in [-0.15, -0.1) is 0 Å². The van der Waals surface area contributed by atoms with E-state index in [1.807, 2.05) is 0 Å². The second-order valence-corrected chi connectivity index (χ2v) is 13.4. The van der Waals surface area contributed by atoms with Crippen LogP contribution in [-0.4, -0.2) is 44.4 Å². The van der Waals surface area contributed by atoms with Gasteiger partial charge in [-0.05, 0) is 96.3 Å². The van der Waals surface area contributed by atoms with Crippen molar-refractivity contribution >= 4 is 11.9 Å². The van der Waals surface area contributed by atoms with Crippen LogP contribution in [0.1, 0.15) is 175 Å². The summed E-state index contributed by atoms with van der Waals surface area (Å²) in [5, 5.41) is 2.97. The van der Waals surface area contributed by atoms with E-state index in [-0.39, 0.29) is 44.2 Å². The largest absolute Gasteiger partial charge is 0.465 e. The van der Waals surface area contributed by atoms with Crippen molar-refractivity contribution in [2.45, 2.75) is 181 Å². The normalized spacial score (nSPS) is 13.2. The summed E-state index contributed by atoms with van der Waals surface area (Å²) >= 11 is 0. The molecule has 0 aromatic rings. The monoisotopic (exact) mass is 702 g/mol. The molecule has 0 heterocycles. The van der Waals surface area contributed by atoms with E-state index in [1.165, 1.54) is 38.5 Å². The molecule has 7 heteroatoms. The van der Waals surface area contributed by atoms with Crippen molar-refractivity contribution < 1.29 is 23.8 Å². The zero-order chi connectivity index (χ0) is 36.6. The van der Waals surface area contributed by atoms with Gasteiger partial charge in [-0.3, -0.25) is 9.59 Å². The first-order valence-corrected chi connectivity index (χ1v) is 20.4. The number of hydrogen-bond acceptors (Lipinski definition) is 7. The van der Waals surface area contributed by atoms with Gasteiger partial charge in [0.25, 0.3) is 0 Å². The van der Waals surface area contributed by atoms with Crippen LogP contribution in [0.2, 0.25) is 0 Å². The van der Waals surface area contributed by atoms with Crippen molar-refractivity contribution in [3.8, 4) is 0 Å². The molecule has 0 rings (SSSR count). The minimum atomic E-state index is -0.430. The molecule has 2 unspecified atom stereocenters. The number of ether oxygens (including phenoxy) is 3. The van der Waals surface area contributed by atoms with Crippen LogP contribution in [0, 0.1) is 10.8 Å². The summed E-state index contributed by atoms with van der Waals surface area (Å²) < 4.78 is 17.1. The second-order valence-electron chi connectivity index (χ2n) is 13.4. The molecule has 2 atom stereocenters. The van der Waals surface area contributed by atoms with Crippen LogP contribution in [0.4, 0.5) is 0 Å². The van der Waals surface area contributed by atoms with Gasteiger partial charge < -0.3 is 14.2 Å². The Balaban J connectivity index is 4.25. The number of nitroso groups, excluding NO2 is 1. The minimum absolute atomic E-state index is 0.0175. The average molecular weight is 702 g/mol. The van der Waals surface area contributed by atoms with Gasteiger partial charge in [0.1, 0.15) is 0 Å². The molecule has 0 saturated heterocycles. The van der Waals surface area contributed by atoms with Gasteiger partial charge in [0, 0.05) is 19.4 Å². The van der Waals surface area contributed by atoms with Crippen LogP contribution >= 0.6 is 0 Å². The van der Waals surface area contributed by atoms with Gasteiger partial charge in [-0.2, -0.15) is 4.91 Å². The van der Waals surface area contributed by atoms with Crippen molar-refractivity contribution in [1.82, 2.24) is 0 Å². The molecule has 0 aromatic carbocycles. The lowest BCUT2D eigenvalue weighted by Crippen LogP contribution is -2.24. The summed E-state index contributed by atoms with van der Waals surface area (Å²) in [7, 11) is 0. The number of carbonyl (C=O) groups is 2. The summed E-state index contributed by atoms with van der Waals surface area (Å²) in [5.41, 5.74) is 0. The number of hydrogen-bond donors (Lipinski definition) is 0. The Morgan fingerprint density at radius 2 is 1.08 bits per heavy atom.